The van der Waals surface area contributed by atoms with Crippen LogP contribution in [0.15, 0.2) is 28.2 Å². The molecular weight excluding hydrogens is 586 g/mol. The van der Waals surface area contributed by atoms with E-state index in [9.17, 15) is 50.9 Å². The Morgan fingerprint density at radius 1 is 1.14 bits per heavy atom. The molecule has 4 heterocycles. The number of aliphatic hydroxyl groups is 2. The molecule has 0 aromatic heterocycles. The smallest absolute Gasteiger partial charge is 0.417 e. The number of rotatable bonds is 4. The number of ether oxygens (including phenoxy) is 1. The molecule has 0 saturated carbocycles. The molecule has 5 rings (SSSR count). The third kappa shape index (κ3) is 4.23. The molecule has 2 fully saturated rings. The minimum atomic E-state index is -5.27. The summed E-state index contributed by atoms with van der Waals surface area (Å²) in [5.41, 5.74) is 4.73. The number of nitrogens with two attached hydrogens (primary N) is 2. The fraction of sp³-hybridized carbons (Fsp3) is 0.500. The number of nitrogens with zero attached hydrogens (tertiary/aromatic N) is 5. The van der Waals surface area contributed by atoms with Crippen LogP contribution in [-0.4, -0.2) is 111 Å². The number of aliphatic imine (C=N–C) groups is 2. The van der Waals surface area contributed by atoms with Crippen molar-refractivity contribution in [2.75, 3.05) is 26.7 Å². The van der Waals surface area contributed by atoms with E-state index >= 15 is 0 Å². The molecule has 4 atom stereocenters. The average molecular weight is 608 g/mol. The highest BCUT2D eigenvalue weighted by Gasteiger charge is 2.74. The summed E-state index contributed by atoms with van der Waals surface area (Å²) in [5.74, 6) is -6.66. The molecule has 1 aromatic carbocycles. The Bertz CT molecular complexity index is 1430. The number of benzene rings is 1. The number of hydrogen-bond donors (Lipinski definition) is 5. The Morgan fingerprint density at radius 3 is 2.38 bits per heavy atom. The van der Waals surface area contributed by atoms with Crippen LogP contribution in [0.2, 0.25) is 0 Å². The van der Waals surface area contributed by atoms with E-state index < -0.39 is 102 Å². The topological polar surface area (TPSA) is 199 Å². The monoisotopic (exact) mass is 608 g/mol. The normalized spacial score (nSPS) is 28.8. The lowest BCUT2D eigenvalue weighted by Gasteiger charge is -2.48. The van der Waals surface area contributed by atoms with Gasteiger partial charge in [0.25, 0.3) is 0 Å². The van der Waals surface area contributed by atoms with Gasteiger partial charge in [-0.2, -0.15) is 26.3 Å². The first kappa shape index (κ1) is 29.2. The zero-order chi connectivity index (χ0) is 31.2. The number of likely N-dealkylation sites (N-methyl/N-ethyl adjacent to an activating group) is 1. The first-order chi connectivity index (χ1) is 19.3. The molecule has 20 heteroatoms. The molecule has 1 spiro atoms. The lowest BCUT2D eigenvalue weighted by Crippen LogP contribution is -2.77. The summed E-state index contributed by atoms with van der Waals surface area (Å²) in [6.45, 7) is -1.42. The number of amides is 3. The fourth-order valence-corrected chi connectivity index (χ4v) is 5.54. The number of alkyl halides is 6. The number of urea groups is 1. The Labute approximate surface area is 231 Å². The van der Waals surface area contributed by atoms with Crippen molar-refractivity contribution >= 4 is 29.8 Å². The van der Waals surface area contributed by atoms with E-state index in [2.05, 4.69) is 15.3 Å². The van der Waals surface area contributed by atoms with Gasteiger partial charge in [0, 0.05) is 7.05 Å². The second-order valence-corrected chi connectivity index (χ2v) is 10.0. The number of carbonyl (C=O) groups is 3. The first-order valence-corrected chi connectivity index (χ1v) is 12.0. The lowest BCUT2D eigenvalue weighted by atomic mass is 9.85. The quantitative estimate of drug-likeness (QED) is 0.120. The van der Waals surface area contributed by atoms with Gasteiger partial charge >= 0.3 is 24.4 Å². The molecule has 1 aromatic rings. The third-order valence-corrected chi connectivity index (χ3v) is 7.47. The van der Waals surface area contributed by atoms with Crippen molar-refractivity contribution in [3.8, 4) is 0 Å². The number of guanidine groups is 2. The fourth-order valence-electron chi connectivity index (χ4n) is 5.54. The van der Waals surface area contributed by atoms with Crippen molar-refractivity contribution in [2.45, 2.75) is 42.0 Å². The van der Waals surface area contributed by atoms with Gasteiger partial charge in [-0.25, -0.2) is 19.6 Å². The van der Waals surface area contributed by atoms with E-state index in [1.165, 1.54) is 7.05 Å². The Hall–Kier alpha value is -4.33. The summed E-state index contributed by atoms with van der Waals surface area (Å²) in [6.07, 6.45) is -12.5. The van der Waals surface area contributed by atoms with E-state index in [1.54, 1.807) is 0 Å². The molecule has 4 aliphatic rings. The highest BCUT2D eigenvalue weighted by atomic mass is 19.4. The zero-order valence-electron chi connectivity index (χ0n) is 21.3. The van der Waals surface area contributed by atoms with Crippen LogP contribution in [-0.2, 0) is 21.9 Å². The third-order valence-electron chi connectivity index (χ3n) is 7.47. The molecule has 0 radical (unpaired) electrons. The van der Waals surface area contributed by atoms with Gasteiger partial charge in [0.05, 0.1) is 35.8 Å². The summed E-state index contributed by atoms with van der Waals surface area (Å²) < 4.78 is 85.5. The zero-order valence-corrected chi connectivity index (χ0v) is 21.3. The standard InChI is InChI=1S/C22H22F6N8O6/c1-34-7-13(37)35(18(34)39)5-11-14-19(33-16(29)32-14)20(40,41)12(6-36(19)17(30)31-11)42-15(38)9-4-8(21(23,24)25)2-3-10(9)22(26,27)28/h2-4,11-12,14,40-41H,5-7H2,1H3,(H2,30,31)(H3,29,32,33)/t11-,12-,14?,19?/m0/s1. The number of esters is 1. The predicted octanol–water partition coefficient (Wildman–Crippen LogP) is -1.18. The Kier molecular flexibility index (Phi) is 6.31. The molecular formula is C22H22F6N8O6. The van der Waals surface area contributed by atoms with Crippen molar-refractivity contribution in [1.29, 1.82) is 0 Å². The second kappa shape index (κ2) is 9.08. The van der Waals surface area contributed by atoms with Gasteiger partial charge < -0.3 is 41.5 Å². The van der Waals surface area contributed by atoms with Crippen molar-refractivity contribution in [2.24, 2.45) is 21.5 Å². The molecule has 3 amide bonds. The maximum atomic E-state index is 13.6. The van der Waals surface area contributed by atoms with Crippen molar-refractivity contribution in [3.05, 3.63) is 34.9 Å². The molecule has 7 N–H and O–H groups in total. The maximum Gasteiger partial charge on any atom is 0.417 e. The van der Waals surface area contributed by atoms with Crippen LogP contribution in [0.3, 0.4) is 0 Å². The molecule has 0 bridgehead atoms. The summed E-state index contributed by atoms with van der Waals surface area (Å²) in [7, 11) is 1.37. The number of carbonyl (C=O) groups excluding carboxylic acids is 3. The van der Waals surface area contributed by atoms with Crippen molar-refractivity contribution in [1.82, 2.24) is 20.0 Å². The summed E-state index contributed by atoms with van der Waals surface area (Å²) in [5, 5.41) is 25.2. The largest absolute Gasteiger partial charge is 0.451 e. The molecule has 2 saturated heterocycles. The van der Waals surface area contributed by atoms with E-state index in [1.807, 2.05) is 0 Å². The van der Waals surface area contributed by atoms with Gasteiger partial charge in [-0.05, 0) is 18.2 Å². The highest BCUT2D eigenvalue weighted by Crippen LogP contribution is 2.46. The lowest BCUT2D eigenvalue weighted by molar-refractivity contribution is -0.256. The minimum Gasteiger partial charge on any atom is -0.451 e. The Balaban J connectivity index is 1.49. The number of halogens is 6. The predicted molar refractivity (Wildman–Crippen MR) is 126 cm³/mol. The number of nitrogens with one attached hydrogen (secondary N) is 1. The summed E-state index contributed by atoms with van der Waals surface area (Å²) >= 11 is 0. The van der Waals surface area contributed by atoms with Crippen LogP contribution >= 0.6 is 0 Å². The first-order valence-electron chi connectivity index (χ1n) is 12.0. The van der Waals surface area contributed by atoms with Crippen LogP contribution < -0.4 is 16.8 Å². The second-order valence-electron chi connectivity index (χ2n) is 10.0. The molecule has 2 unspecified atom stereocenters. The van der Waals surface area contributed by atoms with Crippen LogP contribution in [0.25, 0.3) is 0 Å². The molecule has 14 nitrogen and oxygen atoms in total. The van der Waals surface area contributed by atoms with Gasteiger partial charge in [0.1, 0.15) is 12.6 Å². The van der Waals surface area contributed by atoms with Gasteiger partial charge in [0.15, 0.2) is 23.7 Å². The molecule has 228 valence electrons. The maximum absolute atomic E-state index is 13.6. The SMILES string of the molecule is CN1CC(=O)N(C[C@@H]2N=C(N)N3C[C@H](OC(=O)c4cc(C(F)(F)F)ccc4C(F)(F)F)C(O)(O)C34NC(N)=NC24)C1=O. The summed E-state index contributed by atoms with van der Waals surface area (Å²) in [6, 6.07) is -3.22. The summed E-state index contributed by atoms with van der Waals surface area (Å²) in [4.78, 5) is 48.9. The van der Waals surface area contributed by atoms with E-state index in [-0.39, 0.29) is 24.7 Å². The van der Waals surface area contributed by atoms with Crippen LogP contribution in [0.5, 0.6) is 0 Å². The van der Waals surface area contributed by atoms with Crippen molar-refractivity contribution in [3.63, 3.8) is 0 Å². The Morgan fingerprint density at radius 2 is 1.81 bits per heavy atom. The van der Waals surface area contributed by atoms with Gasteiger partial charge in [0.2, 0.25) is 11.7 Å². The molecule has 4 aliphatic heterocycles. The van der Waals surface area contributed by atoms with E-state index in [4.69, 9.17) is 16.2 Å². The van der Waals surface area contributed by atoms with E-state index in [0.717, 1.165) is 14.7 Å². The molecule has 0 aliphatic carbocycles. The van der Waals surface area contributed by atoms with Gasteiger partial charge in [-0.15, -0.1) is 0 Å². The average Bonchev–Trinajstić information content (AvgIpc) is 3.43. The highest BCUT2D eigenvalue weighted by molar-refractivity contribution is 6.02. The van der Waals surface area contributed by atoms with Crippen LogP contribution in [0, 0.1) is 0 Å². The molecule has 42 heavy (non-hydrogen) atoms. The minimum absolute atomic E-state index is 0.0534. The van der Waals surface area contributed by atoms with Gasteiger partial charge in [-0.3, -0.25) is 9.69 Å². The van der Waals surface area contributed by atoms with Crippen molar-refractivity contribution < 1.29 is 55.7 Å². The van der Waals surface area contributed by atoms with Gasteiger partial charge in [-0.1, -0.05) is 0 Å². The van der Waals surface area contributed by atoms with Crippen LogP contribution in [0.4, 0.5) is 31.1 Å². The number of hydrogen-bond acceptors (Lipinski definition) is 12. The number of imide groups is 1. The van der Waals surface area contributed by atoms with Crippen LogP contribution in [0.1, 0.15) is 21.5 Å². The van der Waals surface area contributed by atoms with E-state index in [0.29, 0.717) is 0 Å².